The number of thioether (sulfide) groups is 1. The van der Waals surface area contributed by atoms with E-state index in [1.54, 1.807) is 11.8 Å². The number of carbonyl (C=O) groups is 2. The van der Waals surface area contributed by atoms with Gasteiger partial charge in [-0.25, -0.2) is 0 Å². The molecule has 4 unspecified atom stereocenters. The van der Waals surface area contributed by atoms with E-state index >= 15 is 0 Å². The van der Waals surface area contributed by atoms with Crippen molar-refractivity contribution in [3.05, 3.63) is 0 Å². The Morgan fingerprint density at radius 2 is 1.95 bits per heavy atom. The lowest BCUT2D eigenvalue weighted by Crippen LogP contribution is -2.66. The third kappa shape index (κ3) is 3.44. The molecule has 110 valence electrons. The Labute approximate surface area is 120 Å². The van der Waals surface area contributed by atoms with E-state index in [4.69, 9.17) is 0 Å². The topological polar surface area (TPSA) is 49.4 Å². The third-order valence-corrected chi connectivity index (χ3v) is 4.75. The van der Waals surface area contributed by atoms with Crippen molar-refractivity contribution in [3.8, 4) is 0 Å². The number of piperazine rings is 1. The molecule has 0 radical (unpaired) electrons. The zero-order valence-corrected chi connectivity index (χ0v) is 13.4. The van der Waals surface area contributed by atoms with Crippen LogP contribution in [0.3, 0.4) is 0 Å². The van der Waals surface area contributed by atoms with Crippen molar-refractivity contribution >= 4 is 23.6 Å². The second-order valence-corrected chi connectivity index (χ2v) is 6.26. The lowest BCUT2D eigenvalue weighted by molar-refractivity contribution is -0.153. The minimum Gasteiger partial charge on any atom is -0.342 e. The Morgan fingerprint density at radius 1 is 1.32 bits per heavy atom. The van der Waals surface area contributed by atoms with Gasteiger partial charge in [0.15, 0.2) is 0 Å². The first-order chi connectivity index (χ1) is 8.97. The van der Waals surface area contributed by atoms with Crippen LogP contribution in [0.4, 0.5) is 0 Å². The van der Waals surface area contributed by atoms with Gasteiger partial charge in [0.05, 0.1) is 0 Å². The molecular weight excluding hydrogens is 260 g/mol. The van der Waals surface area contributed by atoms with Gasteiger partial charge in [-0.05, 0) is 25.5 Å². The van der Waals surface area contributed by atoms with Crippen molar-refractivity contribution in [1.29, 1.82) is 0 Å². The molecule has 0 saturated carbocycles. The smallest absolute Gasteiger partial charge is 0.246 e. The zero-order chi connectivity index (χ0) is 14.6. The monoisotopic (exact) mass is 286 g/mol. The Morgan fingerprint density at radius 3 is 2.42 bits per heavy atom. The summed E-state index contributed by atoms with van der Waals surface area (Å²) in [7, 11) is 0. The van der Waals surface area contributed by atoms with E-state index in [9.17, 15) is 9.59 Å². The van der Waals surface area contributed by atoms with Crippen LogP contribution in [0.15, 0.2) is 0 Å². The molecule has 5 heteroatoms. The largest absolute Gasteiger partial charge is 0.342 e. The van der Waals surface area contributed by atoms with Gasteiger partial charge in [-0.2, -0.15) is 11.8 Å². The first-order valence-electron chi connectivity index (χ1n) is 7.09. The van der Waals surface area contributed by atoms with Crippen LogP contribution in [0, 0.1) is 5.92 Å². The van der Waals surface area contributed by atoms with Gasteiger partial charge in [0.2, 0.25) is 11.8 Å². The highest BCUT2D eigenvalue weighted by Gasteiger charge is 2.43. The number of carbonyl (C=O) groups excluding carboxylic acids is 2. The molecule has 1 heterocycles. The van der Waals surface area contributed by atoms with Gasteiger partial charge >= 0.3 is 0 Å². The van der Waals surface area contributed by atoms with E-state index in [1.807, 2.05) is 38.9 Å². The SMILES string of the molecule is CCC(C)C1NC(=O)C(CC)N(C(C)CSC)C1=O. The van der Waals surface area contributed by atoms with Gasteiger partial charge in [-0.1, -0.05) is 27.2 Å². The third-order valence-electron chi connectivity index (χ3n) is 3.94. The maximum absolute atomic E-state index is 12.7. The molecule has 0 aliphatic carbocycles. The first-order valence-corrected chi connectivity index (χ1v) is 8.48. The second-order valence-electron chi connectivity index (χ2n) is 5.35. The standard InChI is InChI=1S/C14H26N2O2S/c1-6-9(3)12-14(18)16(10(4)8-19-5)11(7-2)13(17)15-12/h9-12H,6-8H2,1-5H3,(H,15,17). The zero-order valence-electron chi connectivity index (χ0n) is 12.6. The van der Waals surface area contributed by atoms with E-state index in [0.29, 0.717) is 6.42 Å². The minimum atomic E-state index is -0.357. The molecule has 0 spiro atoms. The van der Waals surface area contributed by atoms with Crippen LogP contribution in [0.1, 0.15) is 40.5 Å². The molecule has 0 aromatic heterocycles. The van der Waals surface area contributed by atoms with Crippen molar-refractivity contribution in [1.82, 2.24) is 10.2 Å². The molecule has 4 atom stereocenters. The van der Waals surface area contributed by atoms with Crippen molar-refractivity contribution < 1.29 is 9.59 Å². The number of nitrogens with zero attached hydrogens (tertiary/aromatic N) is 1. The van der Waals surface area contributed by atoms with Crippen LogP contribution >= 0.6 is 11.8 Å². The number of amides is 2. The second kappa shape index (κ2) is 7.17. The van der Waals surface area contributed by atoms with E-state index in [1.165, 1.54) is 0 Å². The van der Waals surface area contributed by atoms with Gasteiger partial charge in [0, 0.05) is 11.8 Å². The lowest BCUT2D eigenvalue weighted by Gasteiger charge is -2.43. The maximum atomic E-state index is 12.7. The molecule has 2 amide bonds. The van der Waals surface area contributed by atoms with Crippen molar-refractivity contribution in [2.24, 2.45) is 5.92 Å². The molecule has 19 heavy (non-hydrogen) atoms. The van der Waals surface area contributed by atoms with Gasteiger partial charge in [0.25, 0.3) is 0 Å². The average molecular weight is 286 g/mol. The summed E-state index contributed by atoms with van der Waals surface area (Å²) in [5.41, 5.74) is 0. The minimum absolute atomic E-state index is 0.000327. The normalized spacial score (nSPS) is 27.1. The summed E-state index contributed by atoms with van der Waals surface area (Å²) in [6.45, 7) is 8.06. The van der Waals surface area contributed by atoms with Crippen LogP contribution in [0.25, 0.3) is 0 Å². The summed E-state index contributed by atoms with van der Waals surface area (Å²) in [6, 6.07) is -0.565. The van der Waals surface area contributed by atoms with Crippen molar-refractivity contribution in [3.63, 3.8) is 0 Å². The summed E-state index contributed by atoms with van der Waals surface area (Å²) in [5.74, 6) is 1.13. The fourth-order valence-corrected chi connectivity index (χ4v) is 3.24. The fourth-order valence-electron chi connectivity index (χ4n) is 2.60. The molecule has 1 aliphatic rings. The maximum Gasteiger partial charge on any atom is 0.246 e. The van der Waals surface area contributed by atoms with Crippen molar-refractivity contribution in [2.45, 2.75) is 58.7 Å². The number of hydrogen-bond donors (Lipinski definition) is 1. The number of hydrogen-bond acceptors (Lipinski definition) is 3. The summed E-state index contributed by atoms with van der Waals surface area (Å²) in [4.78, 5) is 26.7. The highest BCUT2D eigenvalue weighted by molar-refractivity contribution is 7.98. The Kier molecular flexibility index (Phi) is 6.17. The Balaban J connectivity index is 2.98. The van der Waals surface area contributed by atoms with E-state index in [-0.39, 0.29) is 35.9 Å². The predicted molar refractivity (Wildman–Crippen MR) is 80.2 cm³/mol. The van der Waals surface area contributed by atoms with E-state index in [2.05, 4.69) is 5.32 Å². The molecule has 1 rings (SSSR count). The molecule has 1 N–H and O–H groups in total. The van der Waals surface area contributed by atoms with Crippen LogP contribution < -0.4 is 5.32 Å². The molecule has 0 aromatic carbocycles. The molecular formula is C14H26N2O2S. The summed E-state index contributed by atoms with van der Waals surface area (Å²) >= 11 is 1.71. The van der Waals surface area contributed by atoms with Crippen LogP contribution in [-0.4, -0.2) is 46.8 Å². The fraction of sp³-hybridized carbons (Fsp3) is 0.857. The molecule has 1 aliphatic heterocycles. The molecule has 4 nitrogen and oxygen atoms in total. The summed E-state index contributed by atoms with van der Waals surface area (Å²) in [6.07, 6.45) is 3.58. The van der Waals surface area contributed by atoms with Crippen LogP contribution in [-0.2, 0) is 9.59 Å². The lowest BCUT2D eigenvalue weighted by atomic mass is 9.93. The van der Waals surface area contributed by atoms with Crippen molar-refractivity contribution in [2.75, 3.05) is 12.0 Å². The molecule has 1 saturated heterocycles. The Hall–Kier alpha value is -0.710. The Bertz CT molecular complexity index is 335. The van der Waals surface area contributed by atoms with Gasteiger partial charge < -0.3 is 10.2 Å². The molecule has 0 aromatic rings. The molecule has 1 fully saturated rings. The summed E-state index contributed by atoms with van der Waals surface area (Å²) < 4.78 is 0. The van der Waals surface area contributed by atoms with E-state index < -0.39 is 0 Å². The van der Waals surface area contributed by atoms with Gasteiger partial charge in [-0.3, -0.25) is 9.59 Å². The average Bonchev–Trinajstić information content (AvgIpc) is 2.39. The van der Waals surface area contributed by atoms with Gasteiger partial charge in [-0.15, -0.1) is 0 Å². The van der Waals surface area contributed by atoms with Gasteiger partial charge in [0.1, 0.15) is 12.1 Å². The quantitative estimate of drug-likeness (QED) is 0.811. The van der Waals surface area contributed by atoms with Crippen LogP contribution in [0.5, 0.6) is 0 Å². The highest BCUT2D eigenvalue weighted by Crippen LogP contribution is 2.22. The summed E-state index contributed by atoms with van der Waals surface area (Å²) in [5, 5.41) is 2.91. The predicted octanol–water partition coefficient (Wildman–Crippen LogP) is 1.89. The first kappa shape index (κ1) is 16.3. The molecule has 0 bridgehead atoms. The number of nitrogens with one attached hydrogen (secondary N) is 1. The highest BCUT2D eigenvalue weighted by atomic mass is 32.2. The van der Waals surface area contributed by atoms with Crippen LogP contribution in [0.2, 0.25) is 0 Å². The number of rotatable bonds is 6. The van der Waals surface area contributed by atoms with E-state index in [0.717, 1.165) is 12.2 Å².